The van der Waals surface area contributed by atoms with Crippen molar-refractivity contribution in [2.24, 2.45) is 11.1 Å². The van der Waals surface area contributed by atoms with Crippen LogP contribution >= 0.6 is 0 Å². The monoisotopic (exact) mass is 197 g/mol. The highest BCUT2D eigenvalue weighted by atomic mass is 16.5. The third-order valence-corrected chi connectivity index (χ3v) is 3.26. The Morgan fingerprint density at radius 2 is 2.43 bits per heavy atom. The Morgan fingerprint density at radius 3 is 2.93 bits per heavy atom. The maximum absolute atomic E-state index is 5.71. The van der Waals surface area contributed by atoms with Gasteiger partial charge in [-0.15, -0.1) is 6.58 Å². The normalized spacial score (nSPS) is 26.0. The van der Waals surface area contributed by atoms with E-state index in [1.165, 1.54) is 25.7 Å². The van der Waals surface area contributed by atoms with Gasteiger partial charge < -0.3 is 10.5 Å². The molecule has 2 unspecified atom stereocenters. The van der Waals surface area contributed by atoms with Crippen LogP contribution in [0.2, 0.25) is 0 Å². The minimum absolute atomic E-state index is 0.124. The van der Waals surface area contributed by atoms with Gasteiger partial charge in [-0.3, -0.25) is 0 Å². The zero-order valence-corrected chi connectivity index (χ0v) is 9.30. The van der Waals surface area contributed by atoms with Gasteiger partial charge in [0.05, 0.1) is 6.10 Å². The van der Waals surface area contributed by atoms with E-state index in [4.69, 9.17) is 10.5 Å². The first-order valence-electron chi connectivity index (χ1n) is 5.65. The van der Waals surface area contributed by atoms with E-state index in [2.05, 4.69) is 13.5 Å². The largest absolute Gasteiger partial charge is 0.378 e. The van der Waals surface area contributed by atoms with Gasteiger partial charge in [0.25, 0.3) is 0 Å². The summed E-state index contributed by atoms with van der Waals surface area (Å²) in [5.41, 5.74) is 5.83. The Kier molecular flexibility index (Phi) is 4.63. The average Bonchev–Trinajstić information content (AvgIpc) is 2.70. The molecule has 14 heavy (non-hydrogen) atoms. The molecule has 2 heteroatoms. The molecule has 0 aromatic heterocycles. The van der Waals surface area contributed by atoms with E-state index < -0.39 is 0 Å². The van der Waals surface area contributed by atoms with Crippen LogP contribution in [0.4, 0.5) is 0 Å². The van der Waals surface area contributed by atoms with Crippen molar-refractivity contribution in [3.63, 3.8) is 0 Å². The Morgan fingerprint density at radius 1 is 1.64 bits per heavy atom. The van der Waals surface area contributed by atoms with Gasteiger partial charge in [-0.2, -0.15) is 0 Å². The van der Waals surface area contributed by atoms with E-state index in [0.717, 1.165) is 13.0 Å². The molecule has 2 N–H and O–H groups in total. The molecular weight excluding hydrogens is 174 g/mol. The maximum Gasteiger partial charge on any atom is 0.0576 e. The Balaban J connectivity index is 2.15. The van der Waals surface area contributed by atoms with Crippen molar-refractivity contribution in [2.75, 3.05) is 13.2 Å². The van der Waals surface area contributed by atoms with E-state index in [9.17, 15) is 0 Å². The van der Waals surface area contributed by atoms with E-state index in [1.54, 1.807) is 0 Å². The molecule has 0 aromatic rings. The van der Waals surface area contributed by atoms with Gasteiger partial charge in [0.2, 0.25) is 0 Å². The highest BCUT2D eigenvalue weighted by molar-refractivity contribution is 4.92. The lowest BCUT2D eigenvalue weighted by Crippen LogP contribution is -2.24. The number of hydrogen-bond donors (Lipinski definition) is 1. The Hall–Kier alpha value is -0.340. The summed E-state index contributed by atoms with van der Waals surface area (Å²) in [5.74, 6) is 0. The van der Waals surface area contributed by atoms with Crippen molar-refractivity contribution in [3.8, 4) is 0 Å². The van der Waals surface area contributed by atoms with Gasteiger partial charge in [-0.1, -0.05) is 13.0 Å². The summed E-state index contributed by atoms with van der Waals surface area (Å²) in [4.78, 5) is 0. The minimum Gasteiger partial charge on any atom is -0.378 e. The molecule has 1 rings (SSSR count). The highest BCUT2D eigenvalue weighted by Gasteiger charge is 2.20. The highest BCUT2D eigenvalue weighted by Crippen LogP contribution is 2.26. The fourth-order valence-corrected chi connectivity index (χ4v) is 1.89. The molecule has 0 amide bonds. The SMILES string of the molecule is C=CC(C)(CN)CCCC1CCCO1. The first-order chi connectivity index (χ1) is 6.70. The third kappa shape index (κ3) is 3.43. The molecule has 0 spiro atoms. The molecule has 1 fully saturated rings. The molecule has 2 atom stereocenters. The van der Waals surface area contributed by atoms with Crippen molar-refractivity contribution in [1.82, 2.24) is 0 Å². The number of hydrogen-bond acceptors (Lipinski definition) is 2. The Bertz CT molecular complexity index is 175. The van der Waals surface area contributed by atoms with Crippen LogP contribution in [0, 0.1) is 5.41 Å². The molecule has 0 saturated carbocycles. The second kappa shape index (κ2) is 5.52. The summed E-state index contributed by atoms with van der Waals surface area (Å²) in [6.07, 6.45) is 8.50. The quantitative estimate of drug-likeness (QED) is 0.664. The van der Waals surface area contributed by atoms with Crippen LogP contribution in [0.3, 0.4) is 0 Å². The lowest BCUT2D eigenvalue weighted by Gasteiger charge is -2.24. The predicted molar refractivity (Wildman–Crippen MR) is 60.2 cm³/mol. The van der Waals surface area contributed by atoms with Crippen LogP contribution in [-0.4, -0.2) is 19.3 Å². The second-order valence-corrected chi connectivity index (χ2v) is 4.59. The molecule has 1 saturated heterocycles. The molecule has 0 aromatic carbocycles. The van der Waals surface area contributed by atoms with Crippen molar-refractivity contribution in [2.45, 2.75) is 45.1 Å². The lowest BCUT2D eigenvalue weighted by atomic mass is 9.85. The number of nitrogens with two attached hydrogens (primary N) is 1. The molecule has 1 heterocycles. The smallest absolute Gasteiger partial charge is 0.0576 e. The van der Waals surface area contributed by atoms with Crippen LogP contribution in [0.1, 0.15) is 39.0 Å². The van der Waals surface area contributed by atoms with Crippen molar-refractivity contribution in [3.05, 3.63) is 12.7 Å². The first kappa shape index (κ1) is 11.7. The number of rotatable bonds is 6. The summed E-state index contributed by atoms with van der Waals surface area (Å²) in [6, 6.07) is 0. The second-order valence-electron chi connectivity index (χ2n) is 4.59. The average molecular weight is 197 g/mol. The van der Waals surface area contributed by atoms with Crippen molar-refractivity contribution in [1.29, 1.82) is 0 Å². The zero-order valence-electron chi connectivity index (χ0n) is 9.30. The molecule has 82 valence electrons. The molecule has 1 aliphatic rings. The number of ether oxygens (including phenoxy) is 1. The summed E-state index contributed by atoms with van der Waals surface area (Å²) >= 11 is 0. The lowest BCUT2D eigenvalue weighted by molar-refractivity contribution is 0.0997. The van der Waals surface area contributed by atoms with E-state index in [-0.39, 0.29) is 5.41 Å². The van der Waals surface area contributed by atoms with E-state index in [0.29, 0.717) is 12.6 Å². The van der Waals surface area contributed by atoms with Gasteiger partial charge in [-0.25, -0.2) is 0 Å². The van der Waals surface area contributed by atoms with E-state index in [1.807, 2.05) is 6.08 Å². The minimum atomic E-state index is 0.124. The van der Waals surface area contributed by atoms with Gasteiger partial charge in [0.1, 0.15) is 0 Å². The Labute approximate surface area is 87.5 Å². The first-order valence-corrected chi connectivity index (χ1v) is 5.65. The summed E-state index contributed by atoms with van der Waals surface area (Å²) in [6.45, 7) is 7.67. The van der Waals surface area contributed by atoms with Crippen LogP contribution < -0.4 is 5.73 Å². The van der Waals surface area contributed by atoms with Gasteiger partial charge in [-0.05, 0) is 37.5 Å². The van der Waals surface area contributed by atoms with Gasteiger partial charge in [0.15, 0.2) is 0 Å². The maximum atomic E-state index is 5.71. The molecule has 0 radical (unpaired) electrons. The summed E-state index contributed by atoms with van der Waals surface area (Å²) in [7, 11) is 0. The molecular formula is C12H23NO. The van der Waals surface area contributed by atoms with Crippen LogP contribution in [-0.2, 0) is 4.74 Å². The molecule has 0 bridgehead atoms. The van der Waals surface area contributed by atoms with Crippen LogP contribution in [0.5, 0.6) is 0 Å². The summed E-state index contributed by atoms with van der Waals surface area (Å²) in [5, 5.41) is 0. The molecule has 1 aliphatic heterocycles. The topological polar surface area (TPSA) is 35.2 Å². The summed E-state index contributed by atoms with van der Waals surface area (Å²) < 4.78 is 5.58. The van der Waals surface area contributed by atoms with Crippen LogP contribution in [0.25, 0.3) is 0 Å². The molecule has 2 nitrogen and oxygen atoms in total. The predicted octanol–water partition coefficient (Wildman–Crippen LogP) is 2.49. The van der Waals surface area contributed by atoms with Crippen LogP contribution in [0.15, 0.2) is 12.7 Å². The third-order valence-electron chi connectivity index (χ3n) is 3.26. The molecule has 0 aliphatic carbocycles. The van der Waals surface area contributed by atoms with Crippen molar-refractivity contribution >= 4 is 0 Å². The van der Waals surface area contributed by atoms with Crippen molar-refractivity contribution < 1.29 is 4.74 Å². The fourth-order valence-electron chi connectivity index (χ4n) is 1.89. The van der Waals surface area contributed by atoms with Gasteiger partial charge >= 0.3 is 0 Å². The van der Waals surface area contributed by atoms with E-state index >= 15 is 0 Å². The zero-order chi connectivity index (χ0) is 10.4. The van der Waals surface area contributed by atoms with Gasteiger partial charge in [0, 0.05) is 13.2 Å². The fraction of sp³-hybridized carbons (Fsp3) is 0.833. The standard InChI is InChI=1S/C12H23NO/c1-3-12(2,10-13)8-4-6-11-7-5-9-14-11/h3,11H,1,4-10,13H2,2H3.